The summed E-state index contributed by atoms with van der Waals surface area (Å²) in [6.07, 6.45) is 1.15. The molecule has 1 aromatic heterocycles. The van der Waals surface area contributed by atoms with Gasteiger partial charge in [-0.25, -0.2) is 9.78 Å². The predicted octanol–water partition coefficient (Wildman–Crippen LogP) is 0.917. The van der Waals surface area contributed by atoms with Gasteiger partial charge in [-0.2, -0.15) is 5.26 Å². The standard InChI is InChI=1S/C8H8N2O3/c1-2-12-8(11)7-6(3-4-9)13-5-10-7/h5H,2-3H2,1H3. The fourth-order valence-electron chi connectivity index (χ4n) is 0.834. The molecule has 1 heterocycles. The third-order valence-electron chi connectivity index (χ3n) is 1.35. The Morgan fingerprint density at radius 3 is 3.23 bits per heavy atom. The minimum absolute atomic E-state index is 0.0220. The van der Waals surface area contributed by atoms with Gasteiger partial charge in [0.15, 0.2) is 17.8 Å². The maximum absolute atomic E-state index is 11.1. The molecule has 0 bridgehead atoms. The van der Waals surface area contributed by atoms with Gasteiger partial charge >= 0.3 is 5.97 Å². The Labute approximate surface area is 74.9 Å². The highest BCUT2D eigenvalue weighted by Crippen LogP contribution is 2.08. The van der Waals surface area contributed by atoms with Crippen molar-refractivity contribution < 1.29 is 13.9 Å². The number of nitrogens with zero attached hydrogens (tertiary/aromatic N) is 2. The number of carbonyl (C=O) groups is 1. The van der Waals surface area contributed by atoms with Crippen molar-refractivity contribution in [2.75, 3.05) is 6.61 Å². The van der Waals surface area contributed by atoms with Crippen molar-refractivity contribution in [3.8, 4) is 6.07 Å². The molecule has 0 radical (unpaired) electrons. The fourth-order valence-corrected chi connectivity index (χ4v) is 0.834. The first-order valence-corrected chi connectivity index (χ1v) is 3.76. The lowest BCUT2D eigenvalue weighted by molar-refractivity contribution is 0.0518. The highest BCUT2D eigenvalue weighted by Gasteiger charge is 2.16. The van der Waals surface area contributed by atoms with Crippen LogP contribution in [0.5, 0.6) is 0 Å². The van der Waals surface area contributed by atoms with Gasteiger partial charge in [-0.3, -0.25) is 0 Å². The summed E-state index contributed by atoms with van der Waals surface area (Å²) in [4.78, 5) is 14.8. The summed E-state index contributed by atoms with van der Waals surface area (Å²) in [6, 6.07) is 1.87. The van der Waals surface area contributed by atoms with Crippen molar-refractivity contribution in [1.82, 2.24) is 4.98 Å². The van der Waals surface area contributed by atoms with Gasteiger partial charge in [0.1, 0.15) is 0 Å². The smallest absolute Gasteiger partial charge is 0.360 e. The first-order valence-electron chi connectivity index (χ1n) is 3.76. The lowest BCUT2D eigenvalue weighted by atomic mass is 10.3. The van der Waals surface area contributed by atoms with Gasteiger partial charge in [0.05, 0.1) is 19.1 Å². The van der Waals surface area contributed by atoms with Crippen molar-refractivity contribution in [2.45, 2.75) is 13.3 Å². The molecule has 68 valence electrons. The van der Waals surface area contributed by atoms with E-state index in [0.29, 0.717) is 0 Å². The van der Waals surface area contributed by atoms with Gasteiger partial charge in [-0.05, 0) is 6.92 Å². The molecule has 0 aliphatic heterocycles. The van der Waals surface area contributed by atoms with Crippen molar-refractivity contribution in [3.05, 3.63) is 17.8 Å². The summed E-state index contributed by atoms with van der Waals surface area (Å²) in [5.41, 5.74) is 0.0865. The summed E-state index contributed by atoms with van der Waals surface area (Å²) in [5.74, 6) is -0.303. The summed E-state index contributed by atoms with van der Waals surface area (Å²) in [6.45, 7) is 1.97. The molecule has 0 fully saturated rings. The third-order valence-corrected chi connectivity index (χ3v) is 1.35. The van der Waals surface area contributed by atoms with Crippen molar-refractivity contribution >= 4 is 5.97 Å². The van der Waals surface area contributed by atoms with E-state index in [-0.39, 0.29) is 24.5 Å². The second-order valence-corrected chi connectivity index (χ2v) is 2.18. The van der Waals surface area contributed by atoms with Crippen LogP contribution < -0.4 is 0 Å². The van der Waals surface area contributed by atoms with E-state index in [1.807, 2.05) is 6.07 Å². The van der Waals surface area contributed by atoms with Crippen molar-refractivity contribution in [1.29, 1.82) is 5.26 Å². The maximum atomic E-state index is 11.1. The van der Waals surface area contributed by atoms with Crippen LogP contribution >= 0.6 is 0 Å². The number of ether oxygens (including phenoxy) is 1. The SMILES string of the molecule is CCOC(=O)c1ncoc1CC#N. The van der Waals surface area contributed by atoms with Crippen LogP contribution in [0.4, 0.5) is 0 Å². The second kappa shape index (κ2) is 4.26. The normalized spacial score (nSPS) is 9.23. The second-order valence-electron chi connectivity index (χ2n) is 2.18. The average molecular weight is 180 g/mol. The van der Waals surface area contributed by atoms with Crippen LogP contribution in [0.2, 0.25) is 0 Å². The molecule has 0 aromatic carbocycles. The molecule has 0 amide bonds. The number of carbonyl (C=O) groups excluding carboxylic acids is 1. The Kier molecular flexibility index (Phi) is 3.03. The third kappa shape index (κ3) is 2.06. The quantitative estimate of drug-likeness (QED) is 0.646. The van der Waals surface area contributed by atoms with Gasteiger partial charge in [-0.1, -0.05) is 0 Å². The van der Waals surface area contributed by atoms with Crippen LogP contribution in [0.25, 0.3) is 0 Å². The van der Waals surface area contributed by atoms with Gasteiger partial charge in [-0.15, -0.1) is 0 Å². The molecular formula is C8H8N2O3. The van der Waals surface area contributed by atoms with Crippen LogP contribution in [0.3, 0.4) is 0 Å². The van der Waals surface area contributed by atoms with E-state index >= 15 is 0 Å². The van der Waals surface area contributed by atoms with E-state index in [9.17, 15) is 4.79 Å². The fraction of sp³-hybridized carbons (Fsp3) is 0.375. The molecule has 5 heteroatoms. The Balaban J connectivity index is 2.82. The summed E-state index contributed by atoms with van der Waals surface area (Å²) in [5, 5.41) is 8.38. The number of oxazole rings is 1. The van der Waals surface area contributed by atoms with Gasteiger partial charge in [0, 0.05) is 0 Å². The molecule has 5 nitrogen and oxygen atoms in total. The Bertz CT molecular complexity index is 337. The minimum atomic E-state index is -0.554. The summed E-state index contributed by atoms with van der Waals surface area (Å²) in [7, 11) is 0. The number of hydrogen-bond donors (Lipinski definition) is 0. The van der Waals surface area contributed by atoms with E-state index in [1.54, 1.807) is 6.92 Å². The molecule has 0 unspecified atom stereocenters. The molecule has 0 saturated heterocycles. The molecule has 0 aliphatic rings. The van der Waals surface area contributed by atoms with Crippen LogP contribution in [-0.2, 0) is 11.2 Å². The van der Waals surface area contributed by atoms with Crippen molar-refractivity contribution in [2.24, 2.45) is 0 Å². The van der Waals surface area contributed by atoms with E-state index < -0.39 is 5.97 Å². The highest BCUT2D eigenvalue weighted by molar-refractivity contribution is 5.88. The molecule has 0 atom stereocenters. The van der Waals surface area contributed by atoms with Gasteiger partial charge in [0.25, 0.3) is 0 Å². The zero-order chi connectivity index (χ0) is 9.68. The zero-order valence-corrected chi connectivity index (χ0v) is 7.11. The molecule has 13 heavy (non-hydrogen) atoms. The zero-order valence-electron chi connectivity index (χ0n) is 7.11. The Morgan fingerprint density at radius 1 is 1.85 bits per heavy atom. The maximum Gasteiger partial charge on any atom is 0.360 e. The van der Waals surface area contributed by atoms with Crippen LogP contribution in [0, 0.1) is 11.3 Å². The Hall–Kier alpha value is -1.83. The largest absolute Gasteiger partial charge is 0.461 e. The lowest BCUT2D eigenvalue weighted by Crippen LogP contribution is -2.07. The first kappa shape index (κ1) is 9.26. The van der Waals surface area contributed by atoms with Gasteiger partial charge in [0.2, 0.25) is 0 Å². The molecule has 0 aliphatic carbocycles. The highest BCUT2D eigenvalue weighted by atomic mass is 16.5. The van der Waals surface area contributed by atoms with Crippen LogP contribution in [0.1, 0.15) is 23.2 Å². The molecule has 1 rings (SSSR count). The molecule has 1 aromatic rings. The van der Waals surface area contributed by atoms with E-state index in [4.69, 9.17) is 14.4 Å². The number of hydrogen-bond acceptors (Lipinski definition) is 5. The Morgan fingerprint density at radius 2 is 2.62 bits per heavy atom. The minimum Gasteiger partial charge on any atom is -0.461 e. The average Bonchev–Trinajstić information content (AvgIpc) is 2.54. The number of rotatable bonds is 3. The summed E-state index contributed by atoms with van der Waals surface area (Å²) >= 11 is 0. The summed E-state index contributed by atoms with van der Waals surface area (Å²) < 4.78 is 9.54. The number of esters is 1. The molecular weight excluding hydrogens is 172 g/mol. The van der Waals surface area contributed by atoms with E-state index in [2.05, 4.69) is 4.98 Å². The van der Waals surface area contributed by atoms with Crippen molar-refractivity contribution in [3.63, 3.8) is 0 Å². The predicted molar refractivity (Wildman–Crippen MR) is 41.8 cm³/mol. The first-order chi connectivity index (χ1) is 6.29. The topological polar surface area (TPSA) is 76.1 Å². The molecule has 0 spiro atoms. The lowest BCUT2D eigenvalue weighted by Gasteiger charge is -1.97. The molecule has 0 saturated carbocycles. The van der Waals surface area contributed by atoms with E-state index in [1.165, 1.54) is 0 Å². The number of nitriles is 1. The van der Waals surface area contributed by atoms with Crippen LogP contribution in [-0.4, -0.2) is 17.6 Å². The molecule has 0 N–H and O–H groups in total. The van der Waals surface area contributed by atoms with E-state index in [0.717, 1.165) is 6.39 Å². The van der Waals surface area contributed by atoms with Crippen LogP contribution in [0.15, 0.2) is 10.8 Å². The van der Waals surface area contributed by atoms with Gasteiger partial charge < -0.3 is 9.15 Å². The monoisotopic (exact) mass is 180 g/mol. The number of aromatic nitrogens is 1.